The van der Waals surface area contributed by atoms with Crippen LogP contribution in [-0.2, 0) is 0 Å². The molecule has 2 rings (SSSR count). The van der Waals surface area contributed by atoms with E-state index in [0.717, 1.165) is 18.1 Å². The van der Waals surface area contributed by atoms with Crippen molar-refractivity contribution in [2.45, 2.75) is 13.8 Å². The van der Waals surface area contributed by atoms with Crippen LogP contribution in [0.25, 0.3) is 4.96 Å². The number of nitrogens with zero attached hydrogens (tertiary/aromatic N) is 3. The van der Waals surface area contributed by atoms with Crippen LogP contribution in [0.15, 0.2) is 17.8 Å². The minimum atomic E-state index is 0.0101. The van der Waals surface area contributed by atoms with Gasteiger partial charge in [-0.2, -0.15) is 0 Å². The number of rotatable bonds is 3. The van der Waals surface area contributed by atoms with E-state index in [1.54, 1.807) is 11.1 Å². The second-order valence-electron chi connectivity index (χ2n) is 3.20. The first-order valence-corrected chi connectivity index (χ1v) is 5.85. The van der Waals surface area contributed by atoms with Crippen LogP contribution in [0.2, 0.25) is 0 Å². The van der Waals surface area contributed by atoms with E-state index in [1.165, 1.54) is 11.3 Å². The smallest absolute Gasteiger partial charge is 0.274 e. The third-order valence-corrected chi connectivity index (χ3v) is 3.13. The van der Waals surface area contributed by atoms with Gasteiger partial charge >= 0.3 is 0 Å². The van der Waals surface area contributed by atoms with Crippen molar-refractivity contribution < 1.29 is 4.79 Å². The molecular weight excluding hydrogens is 210 g/mol. The average molecular weight is 223 g/mol. The summed E-state index contributed by atoms with van der Waals surface area (Å²) in [5.74, 6) is 0.0101. The standard InChI is InChI=1S/C10H13N3OS/c1-3-12(4-2)9(14)8-7-13-5-6-15-10(13)11-8/h5-7H,3-4H2,1-2H3. The van der Waals surface area contributed by atoms with Gasteiger partial charge in [-0.15, -0.1) is 11.3 Å². The summed E-state index contributed by atoms with van der Waals surface area (Å²) in [6.07, 6.45) is 3.69. The maximum atomic E-state index is 11.9. The Balaban J connectivity index is 2.30. The molecule has 15 heavy (non-hydrogen) atoms. The van der Waals surface area contributed by atoms with Gasteiger partial charge in [-0.1, -0.05) is 0 Å². The lowest BCUT2D eigenvalue weighted by atomic mass is 10.4. The first-order valence-electron chi connectivity index (χ1n) is 4.97. The fourth-order valence-electron chi connectivity index (χ4n) is 1.50. The summed E-state index contributed by atoms with van der Waals surface area (Å²) in [6, 6.07) is 0. The first-order chi connectivity index (χ1) is 7.26. The highest BCUT2D eigenvalue weighted by atomic mass is 32.1. The van der Waals surface area contributed by atoms with Gasteiger partial charge in [0.1, 0.15) is 5.69 Å². The number of thiazole rings is 1. The van der Waals surface area contributed by atoms with Crippen molar-refractivity contribution in [3.8, 4) is 0 Å². The van der Waals surface area contributed by atoms with Crippen LogP contribution in [0.4, 0.5) is 0 Å². The zero-order valence-corrected chi connectivity index (χ0v) is 9.62. The first kappa shape index (κ1) is 10.2. The Labute approximate surface area is 92.2 Å². The predicted molar refractivity (Wildman–Crippen MR) is 60.3 cm³/mol. The average Bonchev–Trinajstić information content (AvgIpc) is 2.78. The minimum Gasteiger partial charge on any atom is -0.338 e. The van der Waals surface area contributed by atoms with E-state index in [9.17, 15) is 4.79 Å². The number of hydrogen-bond donors (Lipinski definition) is 0. The molecule has 0 unspecified atom stereocenters. The third-order valence-electron chi connectivity index (χ3n) is 2.36. The van der Waals surface area contributed by atoms with Gasteiger partial charge < -0.3 is 4.90 Å². The molecule has 2 aromatic rings. The van der Waals surface area contributed by atoms with Gasteiger partial charge in [0.25, 0.3) is 5.91 Å². The monoisotopic (exact) mass is 223 g/mol. The van der Waals surface area contributed by atoms with Crippen LogP contribution in [0, 0.1) is 0 Å². The number of imidazole rings is 1. The van der Waals surface area contributed by atoms with Crippen molar-refractivity contribution in [1.29, 1.82) is 0 Å². The number of aromatic nitrogens is 2. The van der Waals surface area contributed by atoms with E-state index in [2.05, 4.69) is 4.98 Å². The van der Waals surface area contributed by atoms with Crippen molar-refractivity contribution in [1.82, 2.24) is 14.3 Å². The molecule has 2 heterocycles. The van der Waals surface area contributed by atoms with Crippen molar-refractivity contribution in [2.75, 3.05) is 13.1 Å². The molecule has 0 radical (unpaired) electrons. The fraction of sp³-hybridized carbons (Fsp3) is 0.400. The zero-order valence-electron chi connectivity index (χ0n) is 8.80. The Kier molecular flexibility index (Phi) is 2.73. The molecule has 0 saturated heterocycles. The molecule has 0 spiro atoms. The maximum Gasteiger partial charge on any atom is 0.274 e. The molecule has 0 aliphatic carbocycles. The molecule has 0 fully saturated rings. The second kappa shape index (κ2) is 4.02. The summed E-state index contributed by atoms with van der Waals surface area (Å²) in [4.78, 5) is 18.8. The van der Waals surface area contributed by atoms with E-state index < -0.39 is 0 Å². The summed E-state index contributed by atoms with van der Waals surface area (Å²) in [7, 11) is 0. The molecule has 0 saturated carbocycles. The van der Waals surface area contributed by atoms with Crippen LogP contribution in [-0.4, -0.2) is 33.3 Å². The van der Waals surface area contributed by atoms with E-state index in [4.69, 9.17) is 0 Å². The van der Waals surface area contributed by atoms with Crippen LogP contribution in [0.1, 0.15) is 24.3 Å². The number of carbonyl (C=O) groups is 1. The third kappa shape index (κ3) is 1.74. The van der Waals surface area contributed by atoms with Gasteiger partial charge in [-0.05, 0) is 13.8 Å². The fourth-order valence-corrected chi connectivity index (χ4v) is 2.20. The van der Waals surface area contributed by atoms with Crippen molar-refractivity contribution in [3.05, 3.63) is 23.5 Å². The molecule has 0 atom stereocenters. The molecule has 0 aromatic carbocycles. The van der Waals surface area contributed by atoms with E-state index >= 15 is 0 Å². The number of carbonyl (C=O) groups excluding carboxylic acids is 1. The van der Waals surface area contributed by atoms with Crippen molar-refractivity contribution >= 4 is 22.2 Å². The minimum absolute atomic E-state index is 0.0101. The quantitative estimate of drug-likeness (QED) is 0.796. The van der Waals surface area contributed by atoms with Crippen LogP contribution >= 0.6 is 11.3 Å². The molecule has 5 heteroatoms. The molecular formula is C10H13N3OS. The highest BCUT2D eigenvalue weighted by Gasteiger charge is 2.16. The van der Waals surface area contributed by atoms with Crippen LogP contribution < -0.4 is 0 Å². The van der Waals surface area contributed by atoms with E-state index in [-0.39, 0.29) is 5.91 Å². The lowest BCUT2D eigenvalue weighted by molar-refractivity contribution is 0.0768. The van der Waals surface area contributed by atoms with Crippen LogP contribution in [0.5, 0.6) is 0 Å². The van der Waals surface area contributed by atoms with E-state index in [1.807, 2.05) is 29.8 Å². The van der Waals surface area contributed by atoms with Gasteiger partial charge in [-0.25, -0.2) is 4.98 Å². The van der Waals surface area contributed by atoms with Gasteiger partial charge in [-0.3, -0.25) is 9.20 Å². The highest BCUT2D eigenvalue weighted by molar-refractivity contribution is 7.15. The van der Waals surface area contributed by atoms with Crippen LogP contribution in [0.3, 0.4) is 0 Å². The summed E-state index contributed by atoms with van der Waals surface area (Å²) in [5.41, 5.74) is 0.533. The molecule has 1 amide bonds. The number of amides is 1. The normalized spacial score (nSPS) is 10.8. The molecule has 2 aromatic heterocycles. The Hall–Kier alpha value is -1.36. The molecule has 0 aliphatic heterocycles. The second-order valence-corrected chi connectivity index (χ2v) is 4.07. The summed E-state index contributed by atoms with van der Waals surface area (Å²) in [6.45, 7) is 5.39. The Morgan fingerprint density at radius 1 is 1.53 bits per heavy atom. The van der Waals surface area contributed by atoms with Crippen molar-refractivity contribution in [2.24, 2.45) is 0 Å². The number of hydrogen-bond acceptors (Lipinski definition) is 3. The summed E-state index contributed by atoms with van der Waals surface area (Å²) >= 11 is 1.53. The van der Waals surface area contributed by atoms with Gasteiger partial charge in [0, 0.05) is 30.9 Å². The Bertz CT molecular complexity index is 441. The molecule has 0 N–H and O–H groups in total. The van der Waals surface area contributed by atoms with Gasteiger partial charge in [0.2, 0.25) is 0 Å². The molecule has 0 aliphatic rings. The topological polar surface area (TPSA) is 37.6 Å². The van der Waals surface area contributed by atoms with Crippen molar-refractivity contribution in [3.63, 3.8) is 0 Å². The predicted octanol–water partition coefficient (Wildman–Crippen LogP) is 1.88. The maximum absolute atomic E-state index is 11.9. The lowest BCUT2D eigenvalue weighted by Crippen LogP contribution is -2.30. The lowest BCUT2D eigenvalue weighted by Gasteiger charge is -2.16. The Morgan fingerprint density at radius 3 is 2.87 bits per heavy atom. The SMILES string of the molecule is CCN(CC)C(=O)c1cn2ccsc2n1. The summed E-state index contributed by atoms with van der Waals surface area (Å²) < 4.78 is 1.88. The number of fused-ring (bicyclic) bond motifs is 1. The zero-order chi connectivity index (χ0) is 10.8. The van der Waals surface area contributed by atoms with Gasteiger partial charge in [0.05, 0.1) is 0 Å². The Morgan fingerprint density at radius 2 is 2.27 bits per heavy atom. The molecule has 0 bridgehead atoms. The van der Waals surface area contributed by atoms with Gasteiger partial charge in [0.15, 0.2) is 4.96 Å². The van der Waals surface area contributed by atoms with E-state index in [0.29, 0.717) is 5.69 Å². The summed E-state index contributed by atoms with van der Waals surface area (Å²) in [5, 5.41) is 1.95. The molecule has 4 nitrogen and oxygen atoms in total. The largest absolute Gasteiger partial charge is 0.338 e. The molecule has 80 valence electrons. The highest BCUT2D eigenvalue weighted by Crippen LogP contribution is 2.12.